The first-order valence-electron chi connectivity index (χ1n) is 9.26. The van der Waals surface area contributed by atoms with E-state index in [1.165, 1.54) is 0 Å². The van der Waals surface area contributed by atoms with Crippen molar-refractivity contribution in [2.45, 2.75) is 25.9 Å². The number of benzene rings is 1. The highest BCUT2D eigenvalue weighted by Gasteiger charge is 2.25. The standard InChI is InChI=1S/C21H21FN4O2/c1-13-17-8-11-26(16-4-2-14(3-5-16)19(23)27)20(17)24-12-18(13)21(28)25-9-6-15(22)7-10-25/h2-5,8,11-12,15H,6-7,9-10H2,1H3,(H2,23,27). The summed E-state index contributed by atoms with van der Waals surface area (Å²) >= 11 is 0. The summed E-state index contributed by atoms with van der Waals surface area (Å²) < 4.78 is 15.3. The Morgan fingerprint density at radius 3 is 2.46 bits per heavy atom. The van der Waals surface area contributed by atoms with Gasteiger partial charge in [0.2, 0.25) is 5.91 Å². The quantitative estimate of drug-likeness (QED) is 0.758. The number of rotatable bonds is 3. The normalized spacial score (nSPS) is 15.1. The number of fused-ring (bicyclic) bond motifs is 1. The summed E-state index contributed by atoms with van der Waals surface area (Å²) in [4.78, 5) is 30.3. The smallest absolute Gasteiger partial charge is 0.255 e. The van der Waals surface area contributed by atoms with E-state index in [-0.39, 0.29) is 5.91 Å². The Bertz CT molecular complexity index is 1050. The molecule has 0 bridgehead atoms. The van der Waals surface area contributed by atoms with E-state index in [1.807, 2.05) is 23.8 Å². The van der Waals surface area contributed by atoms with Crippen molar-refractivity contribution in [1.29, 1.82) is 0 Å². The Hall–Kier alpha value is -3.22. The van der Waals surface area contributed by atoms with E-state index < -0.39 is 12.1 Å². The van der Waals surface area contributed by atoms with Crippen LogP contribution < -0.4 is 5.73 Å². The molecular weight excluding hydrogens is 359 g/mol. The van der Waals surface area contributed by atoms with Gasteiger partial charge in [0, 0.05) is 42.1 Å². The number of aryl methyl sites for hydroxylation is 1. The van der Waals surface area contributed by atoms with Crippen LogP contribution in [0, 0.1) is 6.92 Å². The second kappa shape index (κ2) is 7.07. The lowest BCUT2D eigenvalue weighted by molar-refractivity contribution is 0.0666. The minimum Gasteiger partial charge on any atom is -0.366 e. The van der Waals surface area contributed by atoms with Crippen LogP contribution in [0.1, 0.15) is 39.1 Å². The zero-order valence-corrected chi connectivity index (χ0v) is 15.6. The summed E-state index contributed by atoms with van der Waals surface area (Å²) in [6.07, 6.45) is 3.43. The van der Waals surface area contributed by atoms with Crippen molar-refractivity contribution in [3.8, 4) is 5.69 Å². The maximum absolute atomic E-state index is 13.4. The predicted molar refractivity (Wildman–Crippen MR) is 104 cm³/mol. The first-order valence-corrected chi connectivity index (χ1v) is 9.26. The zero-order valence-electron chi connectivity index (χ0n) is 15.6. The number of nitrogens with two attached hydrogens (primary N) is 1. The van der Waals surface area contributed by atoms with Crippen molar-refractivity contribution in [2.24, 2.45) is 5.73 Å². The van der Waals surface area contributed by atoms with Crippen molar-refractivity contribution in [3.05, 3.63) is 59.4 Å². The number of likely N-dealkylation sites (tertiary alicyclic amines) is 1. The van der Waals surface area contributed by atoms with Gasteiger partial charge in [-0.15, -0.1) is 0 Å². The van der Waals surface area contributed by atoms with Gasteiger partial charge in [0.05, 0.1) is 5.56 Å². The molecule has 2 N–H and O–H groups in total. The molecular formula is C21H21FN4O2. The lowest BCUT2D eigenvalue weighted by atomic mass is 10.0. The molecule has 0 atom stereocenters. The summed E-state index contributed by atoms with van der Waals surface area (Å²) in [5.74, 6) is -0.574. The minimum absolute atomic E-state index is 0.0997. The first-order chi connectivity index (χ1) is 13.5. The molecule has 6 nitrogen and oxygen atoms in total. The van der Waals surface area contributed by atoms with Crippen LogP contribution in [0.4, 0.5) is 4.39 Å². The van der Waals surface area contributed by atoms with E-state index in [0.717, 1.165) is 22.3 Å². The maximum Gasteiger partial charge on any atom is 0.255 e. The monoisotopic (exact) mass is 380 g/mol. The van der Waals surface area contributed by atoms with Crippen LogP contribution in [0.5, 0.6) is 0 Å². The fourth-order valence-electron chi connectivity index (χ4n) is 3.65. The Morgan fingerprint density at radius 1 is 1.14 bits per heavy atom. The number of carbonyl (C=O) groups is 2. The van der Waals surface area contributed by atoms with Crippen molar-refractivity contribution in [3.63, 3.8) is 0 Å². The largest absolute Gasteiger partial charge is 0.366 e. The third kappa shape index (κ3) is 3.13. The topological polar surface area (TPSA) is 81.2 Å². The van der Waals surface area contributed by atoms with Gasteiger partial charge in [0.25, 0.3) is 5.91 Å². The van der Waals surface area contributed by atoms with E-state index in [2.05, 4.69) is 4.98 Å². The number of aromatic nitrogens is 2. The van der Waals surface area contributed by atoms with E-state index in [9.17, 15) is 14.0 Å². The van der Waals surface area contributed by atoms with Gasteiger partial charge in [-0.1, -0.05) is 0 Å². The lowest BCUT2D eigenvalue weighted by Gasteiger charge is -2.29. The van der Waals surface area contributed by atoms with Gasteiger partial charge in [0.15, 0.2) is 0 Å². The molecule has 28 heavy (non-hydrogen) atoms. The molecule has 3 aromatic rings. The average molecular weight is 380 g/mol. The predicted octanol–water partition coefficient (Wildman–Crippen LogP) is 3.01. The second-order valence-corrected chi connectivity index (χ2v) is 7.10. The van der Waals surface area contributed by atoms with Crippen LogP contribution >= 0.6 is 0 Å². The third-order valence-corrected chi connectivity index (χ3v) is 5.36. The van der Waals surface area contributed by atoms with Crippen molar-refractivity contribution >= 4 is 22.8 Å². The first kappa shape index (κ1) is 18.2. The highest BCUT2D eigenvalue weighted by atomic mass is 19.1. The number of piperidine rings is 1. The van der Waals surface area contributed by atoms with E-state index >= 15 is 0 Å². The van der Waals surface area contributed by atoms with Crippen molar-refractivity contribution in [2.75, 3.05) is 13.1 Å². The molecule has 2 amide bonds. The molecule has 1 aromatic carbocycles. The van der Waals surface area contributed by atoms with Crippen molar-refractivity contribution < 1.29 is 14.0 Å². The molecule has 0 saturated carbocycles. The van der Waals surface area contributed by atoms with E-state index in [4.69, 9.17) is 5.73 Å². The number of nitrogens with zero attached hydrogens (tertiary/aromatic N) is 3. The number of carbonyl (C=O) groups excluding carboxylic acids is 2. The summed E-state index contributed by atoms with van der Waals surface area (Å²) in [5.41, 5.74) is 8.70. The van der Waals surface area contributed by atoms with Gasteiger partial charge >= 0.3 is 0 Å². The van der Waals surface area contributed by atoms with Gasteiger partial charge in [-0.25, -0.2) is 9.37 Å². The molecule has 4 rings (SSSR count). The molecule has 0 radical (unpaired) electrons. The van der Waals surface area contributed by atoms with Gasteiger partial charge in [-0.3, -0.25) is 9.59 Å². The van der Waals surface area contributed by atoms with Crippen LogP contribution in [-0.2, 0) is 0 Å². The van der Waals surface area contributed by atoms with Crippen LogP contribution in [0.3, 0.4) is 0 Å². The Balaban J connectivity index is 1.67. The van der Waals surface area contributed by atoms with E-state index in [0.29, 0.717) is 37.1 Å². The summed E-state index contributed by atoms with van der Waals surface area (Å²) in [5, 5.41) is 0.880. The minimum atomic E-state index is -0.819. The number of hydrogen-bond acceptors (Lipinski definition) is 3. The molecule has 1 saturated heterocycles. The Morgan fingerprint density at radius 2 is 1.82 bits per heavy atom. The summed E-state index contributed by atoms with van der Waals surface area (Å²) in [7, 11) is 0. The molecule has 7 heteroatoms. The Labute approximate surface area is 161 Å². The fraction of sp³-hybridized carbons (Fsp3) is 0.286. The van der Waals surface area contributed by atoms with Gasteiger partial charge in [0.1, 0.15) is 11.8 Å². The van der Waals surface area contributed by atoms with E-state index in [1.54, 1.807) is 35.4 Å². The molecule has 1 fully saturated rings. The number of hydrogen-bond donors (Lipinski definition) is 1. The fourth-order valence-corrected chi connectivity index (χ4v) is 3.65. The SMILES string of the molecule is Cc1c(C(=O)N2CCC(F)CC2)cnc2c1ccn2-c1ccc(C(N)=O)cc1. The van der Waals surface area contributed by atoms with Gasteiger partial charge in [-0.2, -0.15) is 0 Å². The maximum atomic E-state index is 13.4. The molecule has 3 heterocycles. The molecule has 2 aromatic heterocycles. The van der Waals surface area contributed by atoms with Crippen LogP contribution in [0.15, 0.2) is 42.7 Å². The average Bonchev–Trinajstić information content (AvgIpc) is 3.13. The molecule has 0 spiro atoms. The summed E-state index contributed by atoms with van der Waals surface area (Å²) in [6.45, 7) is 2.77. The lowest BCUT2D eigenvalue weighted by Crippen LogP contribution is -2.39. The summed E-state index contributed by atoms with van der Waals surface area (Å²) in [6, 6.07) is 8.86. The van der Waals surface area contributed by atoms with Crippen LogP contribution in [0.25, 0.3) is 16.7 Å². The van der Waals surface area contributed by atoms with Crippen LogP contribution in [-0.4, -0.2) is 45.5 Å². The highest BCUT2D eigenvalue weighted by Crippen LogP contribution is 2.26. The number of amides is 2. The van der Waals surface area contributed by atoms with Crippen LogP contribution in [0.2, 0.25) is 0 Å². The number of primary amides is 1. The van der Waals surface area contributed by atoms with Gasteiger partial charge in [-0.05, 0) is 55.7 Å². The highest BCUT2D eigenvalue weighted by molar-refractivity contribution is 6.00. The van der Waals surface area contributed by atoms with Crippen molar-refractivity contribution in [1.82, 2.24) is 14.5 Å². The molecule has 0 unspecified atom stereocenters. The zero-order chi connectivity index (χ0) is 19.8. The van der Waals surface area contributed by atoms with Gasteiger partial charge < -0.3 is 15.2 Å². The molecule has 0 aliphatic carbocycles. The number of alkyl halides is 1. The Kier molecular flexibility index (Phi) is 4.58. The number of halogens is 1. The number of pyridine rings is 1. The molecule has 1 aliphatic heterocycles. The third-order valence-electron chi connectivity index (χ3n) is 5.36. The second-order valence-electron chi connectivity index (χ2n) is 7.10. The molecule has 1 aliphatic rings. The molecule has 144 valence electrons.